The van der Waals surface area contributed by atoms with Crippen molar-refractivity contribution in [2.45, 2.75) is 26.2 Å². The first-order chi connectivity index (χ1) is 12.3. The number of aromatic nitrogens is 3. The van der Waals surface area contributed by atoms with Gasteiger partial charge in [-0.2, -0.15) is 18.3 Å². The number of aliphatic imine (C=N–C) groups is 1. The summed E-state index contributed by atoms with van der Waals surface area (Å²) in [6, 6.07) is 3.84. The zero-order chi connectivity index (χ0) is 19.2. The van der Waals surface area contributed by atoms with Crippen molar-refractivity contribution in [2.24, 2.45) is 12.0 Å². The largest absolute Gasteiger partial charge is 0.497 e. The van der Waals surface area contributed by atoms with Crippen LogP contribution in [0.5, 0.6) is 5.75 Å². The van der Waals surface area contributed by atoms with Crippen LogP contribution in [0.15, 0.2) is 29.5 Å². The van der Waals surface area contributed by atoms with Gasteiger partial charge in [0.1, 0.15) is 17.9 Å². The molecule has 150 valence electrons. The van der Waals surface area contributed by atoms with E-state index in [2.05, 4.69) is 25.7 Å². The lowest BCUT2D eigenvalue weighted by molar-refractivity contribution is -0.138. The van der Waals surface area contributed by atoms with E-state index < -0.39 is 11.7 Å². The predicted octanol–water partition coefficient (Wildman–Crippen LogP) is 2.72. The average molecular weight is 498 g/mol. The Balaban J connectivity index is 0.00000364. The SMILES string of the molecule is CCNC(=NCc1ccc(OC)cc1C(F)(F)F)NCc1ncnn1C.I. The maximum Gasteiger partial charge on any atom is 0.416 e. The fourth-order valence-corrected chi connectivity index (χ4v) is 2.23. The molecule has 0 atom stereocenters. The van der Waals surface area contributed by atoms with E-state index in [9.17, 15) is 13.2 Å². The smallest absolute Gasteiger partial charge is 0.416 e. The zero-order valence-electron chi connectivity index (χ0n) is 15.2. The summed E-state index contributed by atoms with van der Waals surface area (Å²) in [6.45, 7) is 2.65. The van der Waals surface area contributed by atoms with Crippen LogP contribution in [0.25, 0.3) is 0 Å². The Labute approximate surface area is 172 Å². The Morgan fingerprint density at radius 2 is 2.04 bits per heavy atom. The summed E-state index contributed by atoms with van der Waals surface area (Å²) in [5, 5.41) is 9.97. The standard InChI is InChI=1S/C16H21F3N6O.HI/c1-4-20-15(22-9-14-23-10-24-25(14)2)21-8-11-5-6-12(26-3)7-13(11)16(17,18)19;/h5-7,10H,4,8-9H2,1-3H3,(H2,20,21,22);1H. The number of aryl methyl sites for hydroxylation is 1. The van der Waals surface area contributed by atoms with Crippen LogP contribution >= 0.6 is 24.0 Å². The minimum atomic E-state index is -4.48. The molecule has 0 aliphatic carbocycles. The molecule has 0 aliphatic heterocycles. The fraction of sp³-hybridized carbons (Fsp3) is 0.438. The maximum absolute atomic E-state index is 13.3. The van der Waals surface area contributed by atoms with E-state index in [0.717, 1.165) is 6.07 Å². The third kappa shape index (κ3) is 6.56. The molecule has 0 bridgehead atoms. The van der Waals surface area contributed by atoms with Gasteiger partial charge >= 0.3 is 6.18 Å². The van der Waals surface area contributed by atoms with Gasteiger partial charge in [-0.3, -0.25) is 4.68 Å². The number of guanidine groups is 1. The lowest BCUT2D eigenvalue weighted by Gasteiger charge is -2.14. The van der Waals surface area contributed by atoms with E-state index in [-0.39, 0.29) is 41.8 Å². The number of methoxy groups -OCH3 is 1. The second-order valence-electron chi connectivity index (χ2n) is 5.37. The molecular formula is C16H22F3IN6O. The number of benzene rings is 1. The number of hydrogen-bond donors (Lipinski definition) is 2. The van der Waals surface area contributed by atoms with Crippen LogP contribution in [0.2, 0.25) is 0 Å². The number of nitrogens with zero attached hydrogens (tertiary/aromatic N) is 4. The van der Waals surface area contributed by atoms with Gasteiger partial charge in [-0.25, -0.2) is 9.98 Å². The van der Waals surface area contributed by atoms with E-state index in [1.165, 1.54) is 25.6 Å². The van der Waals surface area contributed by atoms with Crippen molar-refractivity contribution in [3.8, 4) is 5.75 Å². The molecule has 0 fully saturated rings. The molecule has 1 aromatic carbocycles. The molecule has 0 unspecified atom stereocenters. The van der Waals surface area contributed by atoms with Crippen molar-refractivity contribution in [1.29, 1.82) is 0 Å². The number of halogens is 4. The Morgan fingerprint density at radius 3 is 2.59 bits per heavy atom. The van der Waals surface area contributed by atoms with Crippen LogP contribution in [-0.2, 0) is 26.3 Å². The molecule has 0 amide bonds. The lowest BCUT2D eigenvalue weighted by Crippen LogP contribution is -2.37. The highest BCUT2D eigenvalue weighted by atomic mass is 127. The Hall–Kier alpha value is -2.05. The van der Waals surface area contributed by atoms with Crippen LogP contribution in [0.1, 0.15) is 23.9 Å². The fourth-order valence-electron chi connectivity index (χ4n) is 2.23. The van der Waals surface area contributed by atoms with Crippen LogP contribution in [0, 0.1) is 0 Å². The zero-order valence-corrected chi connectivity index (χ0v) is 17.5. The van der Waals surface area contributed by atoms with Gasteiger partial charge in [0, 0.05) is 13.6 Å². The lowest BCUT2D eigenvalue weighted by atomic mass is 10.1. The molecular weight excluding hydrogens is 476 g/mol. The molecule has 1 aromatic heterocycles. The number of ether oxygens (including phenoxy) is 1. The second-order valence-corrected chi connectivity index (χ2v) is 5.37. The van der Waals surface area contributed by atoms with Gasteiger partial charge in [-0.15, -0.1) is 24.0 Å². The van der Waals surface area contributed by atoms with Crippen LogP contribution < -0.4 is 15.4 Å². The molecule has 7 nitrogen and oxygen atoms in total. The van der Waals surface area contributed by atoms with Gasteiger partial charge in [0.2, 0.25) is 0 Å². The average Bonchev–Trinajstić information content (AvgIpc) is 3.01. The van der Waals surface area contributed by atoms with Gasteiger partial charge in [0.25, 0.3) is 0 Å². The molecule has 2 N–H and O–H groups in total. The van der Waals surface area contributed by atoms with E-state index in [0.29, 0.717) is 24.9 Å². The summed E-state index contributed by atoms with van der Waals surface area (Å²) in [5.41, 5.74) is -0.695. The molecule has 0 saturated heterocycles. The van der Waals surface area contributed by atoms with Gasteiger partial charge in [-0.05, 0) is 24.6 Å². The molecule has 27 heavy (non-hydrogen) atoms. The summed E-state index contributed by atoms with van der Waals surface area (Å²) < 4.78 is 46.3. The van der Waals surface area contributed by atoms with Crippen LogP contribution in [-0.4, -0.2) is 34.4 Å². The highest BCUT2D eigenvalue weighted by Gasteiger charge is 2.33. The first-order valence-electron chi connectivity index (χ1n) is 7.94. The quantitative estimate of drug-likeness (QED) is 0.364. The molecule has 2 aromatic rings. The van der Waals surface area contributed by atoms with Crippen molar-refractivity contribution in [3.05, 3.63) is 41.5 Å². The number of hydrogen-bond acceptors (Lipinski definition) is 4. The third-order valence-electron chi connectivity index (χ3n) is 3.59. The summed E-state index contributed by atoms with van der Waals surface area (Å²) in [7, 11) is 3.08. The van der Waals surface area contributed by atoms with E-state index in [1.54, 1.807) is 11.7 Å². The molecule has 1 heterocycles. The number of alkyl halides is 3. The van der Waals surface area contributed by atoms with Crippen molar-refractivity contribution in [1.82, 2.24) is 25.4 Å². The van der Waals surface area contributed by atoms with Gasteiger partial charge < -0.3 is 15.4 Å². The Kier molecular flexibility index (Phi) is 8.79. The predicted molar refractivity (Wildman–Crippen MR) is 106 cm³/mol. The maximum atomic E-state index is 13.3. The molecule has 0 spiro atoms. The summed E-state index contributed by atoms with van der Waals surface area (Å²) in [5.74, 6) is 1.22. The summed E-state index contributed by atoms with van der Waals surface area (Å²) in [6.07, 6.45) is -3.06. The minimum absolute atomic E-state index is 0. The Bertz CT molecular complexity index is 763. The molecule has 11 heteroatoms. The number of nitrogens with one attached hydrogen (secondary N) is 2. The van der Waals surface area contributed by atoms with Crippen LogP contribution in [0.3, 0.4) is 0 Å². The number of rotatable bonds is 6. The first kappa shape index (κ1) is 23.0. The summed E-state index contributed by atoms with van der Waals surface area (Å²) >= 11 is 0. The molecule has 0 aliphatic rings. The monoisotopic (exact) mass is 498 g/mol. The van der Waals surface area contributed by atoms with Crippen LogP contribution in [0.4, 0.5) is 13.2 Å². The van der Waals surface area contributed by atoms with Crippen molar-refractivity contribution in [2.75, 3.05) is 13.7 Å². The third-order valence-corrected chi connectivity index (χ3v) is 3.59. The van der Waals surface area contributed by atoms with Gasteiger partial charge in [0.15, 0.2) is 5.96 Å². The van der Waals surface area contributed by atoms with Crippen molar-refractivity contribution >= 4 is 29.9 Å². The minimum Gasteiger partial charge on any atom is -0.497 e. The van der Waals surface area contributed by atoms with E-state index in [4.69, 9.17) is 4.74 Å². The first-order valence-corrected chi connectivity index (χ1v) is 7.94. The highest BCUT2D eigenvalue weighted by Crippen LogP contribution is 2.34. The van der Waals surface area contributed by atoms with E-state index >= 15 is 0 Å². The molecule has 0 saturated carbocycles. The van der Waals surface area contributed by atoms with Gasteiger partial charge in [-0.1, -0.05) is 6.07 Å². The van der Waals surface area contributed by atoms with E-state index in [1.807, 2.05) is 6.92 Å². The van der Waals surface area contributed by atoms with Crippen molar-refractivity contribution < 1.29 is 17.9 Å². The second kappa shape index (κ2) is 10.3. The molecule has 2 rings (SSSR count). The Morgan fingerprint density at radius 1 is 1.30 bits per heavy atom. The van der Waals surface area contributed by atoms with Gasteiger partial charge in [0.05, 0.1) is 25.8 Å². The molecule has 0 radical (unpaired) electrons. The normalized spacial score (nSPS) is 11.7. The topological polar surface area (TPSA) is 76.4 Å². The highest BCUT2D eigenvalue weighted by molar-refractivity contribution is 14.0. The summed E-state index contributed by atoms with van der Waals surface area (Å²) in [4.78, 5) is 8.31. The van der Waals surface area contributed by atoms with Crippen molar-refractivity contribution in [3.63, 3.8) is 0 Å².